The van der Waals surface area contributed by atoms with Gasteiger partial charge in [-0.25, -0.2) is 0 Å². The molecule has 0 radical (unpaired) electrons. The zero-order chi connectivity index (χ0) is 14.6. The maximum absolute atomic E-state index is 12.5. The average molecular weight is 270 g/mol. The molecule has 0 atom stereocenters. The van der Waals surface area contributed by atoms with Gasteiger partial charge in [0.2, 0.25) is 16.9 Å². The smallest absolute Gasteiger partial charge is 0.248 e. The maximum Gasteiger partial charge on any atom is 0.248 e. The predicted octanol–water partition coefficient (Wildman–Crippen LogP) is 0.455. The topological polar surface area (TPSA) is 99.9 Å². The summed E-state index contributed by atoms with van der Waals surface area (Å²) >= 11 is 0. The molecular weight excluding hydrogens is 260 g/mol. The van der Waals surface area contributed by atoms with Gasteiger partial charge in [-0.15, -0.1) is 0 Å². The second-order valence-electron chi connectivity index (χ2n) is 4.79. The van der Waals surface area contributed by atoms with Gasteiger partial charge >= 0.3 is 0 Å². The average Bonchev–Trinajstić information content (AvgIpc) is 2.34. The van der Waals surface area contributed by atoms with Crippen LogP contribution in [0.3, 0.4) is 0 Å². The zero-order valence-electron chi connectivity index (χ0n) is 10.8. The number of carbonyl (C=O) groups excluding carboxylic acids is 2. The SMILES string of the molecule is Cc1cc(=O)[nH]c2c1C(=O)c1c(C)cc(=O)[nH]c1C2=O. The molecule has 100 valence electrons. The highest BCUT2D eigenvalue weighted by molar-refractivity contribution is 6.27. The Bertz CT molecular complexity index is 831. The first-order chi connectivity index (χ1) is 9.40. The molecule has 6 nitrogen and oxygen atoms in total. The lowest BCUT2D eigenvalue weighted by Crippen LogP contribution is -2.30. The van der Waals surface area contributed by atoms with Crippen LogP contribution < -0.4 is 11.1 Å². The monoisotopic (exact) mass is 270 g/mol. The Labute approximate surface area is 112 Å². The van der Waals surface area contributed by atoms with E-state index in [0.717, 1.165) is 0 Å². The molecule has 20 heavy (non-hydrogen) atoms. The standard InChI is InChI=1S/C14H10N2O4/c1-5-3-7(17)15-11-9(5)13(19)10-6(2)4-8(18)16-12(10)14(11)20/h3-4H,1-2H3,(H,15,17)(H,16,18). The van der Waals surface area contributed by atoms with E-state index in [2.05, 4.69) is 9.97 Å². The Kier molecular flexibility index (Phi) is 2.37. The van der Waals surface area contributed by atoms with Crippen LogP contribution in [0.15, 0.2) is 21.7 Å². The summed E-state index contributed by atoms with van der Waals surface area (Å²) in [5.41, 5.74) is 0.232. The number of aromatic amines is 2. The van der Waals surface area contributed by atoms with Crippen LogP contribution in [-0.4, -0.2) is 21.5 Å². The van der Waals surface area contributed by atoms with E-state index < -0.39 is 16.9 Å². The van der Waals surface area contributed by atoms with E-state index in [0.29, 0.717) is 11.1 Å². The van der Waals surface area contributed by atoms with E-state index in [4.69, 9.17) is 0 Å². The van der Waals surface area contributed by atoms with Crippen molar-refractivity contribution in [2.45, 2.75) is 13.8 Å². The number of aryl methyl sites for hydroxylation is 2. The Balaban J connectivity index is 2.46. The van der Waals surface area contributed by atoms with Gasteiger partial charge in [-0.05, 0) is 25.0 Å². The molecule has 1 aliphatic carbocycles. The fourth-order valence-corrected chi connectivity index (χ4v) is 2.55. The van der Waals surface area contributed by atoms with E-state index in [9.17, 15) is 19.2 Å². The third kappa shape index (κ3) is 1.51. The molecule has 3 rings (SSSR count). The molecule has 0 aliphatic heterocycles. The van der Waals surface area contributed by atoms with Crippen molar-refractivity contribution in [1.82, 2.24) is 9.97 Å². The largest absolute Gasteiger partial charge is 0.318 e. The third-order valence-corrected chi connectivity index (χ3v) is 3.39. The second-order valence-corrected chi connectivity index (χ2v) is 4.79. The third-order valence-electron chi connectivity index (χ3n) is 3.39. The molecule has 6 heteroatoms. The zero-order valence-corrected chi connectivity index (χ0v) is 10.8. The molecule has 0 unspecified atom stereocenters. The normalized spacial score (nSPS) is 13.1. The molecule has 0 bridgehead atoms. The fourth-order valence-electron chi connectivity index (χ4n) is 2.55. The molecular formula is C14H10N2O4. The van der Waals surface area contributed by atoms with Crippen LogP contribution in [0.2, 0.25) is 0 Å². The van der Waals surface area contributed by atoms with Gasteiger partial charge in [0, 0.05) is 12.1 Å². The summed E-state index contributed by atoms with van der Waals surface area (Å²) in [6, 6.07) is 2.55. The highest BCUT2D eigenvalue weighted by Gasteiger charge is 2.34. The summed E-state index contributed by atoms with van der Waals surface area (Å²) in [6.07, 6.45) is 0. The Morgan fingerprint density at radius 1 is 0.700 bits per heavy atom. The summed E-state index contributed by atoms with van der Waals surface area (Å²) < 4.78 is 0. The number of ketones is 2. The number of pyridine rings is 2. The minimum Gasteiger partial charge on any atom is -0.318 e. The quantitative estimate of drug-likeness (QED) is 0.619. The summed E-state index contributed by atoms with van der Waals surface area (Å²) in [5.74, 6) is -0.909. The number of fused-ring (bicyclic) bond motifs is 2. The van der Waals surface area contributed by atoms with Crippen LogP contribution in [0.4, 0.5) is 0 Å². The summed E-state index contributed by atoms with van der Waals surface area (Å²) in [5, 5.41) is 0. The van der Waals surface area contributed by atoms with E-state index in [1.165, 1.54) is 12.1 Å². The number of rotatable bonds is 0. The molecule has 2 N–H and O–H groups in total. The number of hydrogen-bond acceptors (Lipinski definition) is 4. The Morgan fingerprint density at radius 2 is 1.10 bits per heavy atom. The lowest BCUT2D eigenvalue weighted by molar-refractivity contribution is 0.0970. The number of nitrogens with one attached hydrogen (secondary N) is 2. The lowest BCUT2D eigenvalue weighted by Gasteiger charge is -2.19. The minimum atomic E-state index is -0.545. The van der Waals surface area contributed by atoms with Crippen LogP contribution >= 0.6 is 0 Å². The van der Waals surface area contributed by atoms with Gasteiger partial charge in [-0.1, -0.05) is 0 Å². The highest BCUT2D eigenvalue weighted by Crippen LogP contribution is 2.27. The molecule has 0 saturated carbocycles. The summed E-state index contributed by atoms with van der Waals surface area (Å²) in [7, 11) is 0. The molecule has 0 fully saturated rings. The van der Waals surface area contributed by atoms with Gasteiger partial charge in [0.25, 0.3) is 0 Å². The van der Waals surface area contributed by atoms with Gasteiger partial charge in [-0.2, -0.15) is 0 Å². The van der Waals surface area contributed by atoms with E-state index in [1.807, 2.05) is 0 Å². The van der Waals surface area contributed by atoms with Crippen LogP contribution in [0, 0.1) is 13.8 Å². The van der Waals surface area contributed by atoms with Crippen molar-refractivity contribution in [3.63, 3.8) is 0 Å². The predicted molar refractivity (Wildman–Crippen MR) is 70.5 cm³/mol. The maximum atomic E-state index is 12.5. The number of H-pyrrole nitrogens is 2. The number of aromatic nitrogens is 2. The van der Waals surface area contributed by atoms with E-state index in [-0.39, 0.29) is 28.3 Å². The van der Waals surface area contributed by atoms with Crippen molar-refractivity contribution >= 4 is 11.6 Å². The molecule has 0 amide bonds. The van der Waals surface area contributed by atoms with Crippen molar-refractivity contribution in [3.05, 3.63) is 66.5 Å². The number of hydrogen-bond donors (Lipinski definition) is 2. The van der Waals surface area contributed by atoms with Gasteiger partial charge in [0.1, 0.15) is 11.4 Å². The molecule has 2 aromatic heterocycles. The summed E-state index contributed by atoms with van der Waals surface area (Å²) in [4.78, 5) is 52.6. The Hall–Kier alpha value is -2.76. The van der Waals surface area contributed by atoms with Gasteiger partial charge in [0.15, 0.2) is 5.78 Å². The van der Waals surface area contributed by atoms with Crippen molar-refractivity contribution in [3.8, 4) is 0 Å². The Morgan fingerprint density at radius 3 is 1.50 bits per heavy atom. The molecule has 0 spiro atoms. The van der Waals surface area contributed by atoms with E-state index >= 15 is 0 Å². The van der Waals surface area contributed by atoms with Gasteiger partial charge < -0.3 is 9.97 Å². The first kappa shape index (κ1) is 12.3. The van der Waals surface area contributed by atoms with Crippen molar-refractivity contribution in [2.75, 3.05) is 0 Å². The van der Waals surface area contributed by atoms with Crippen LogP contribution in [0.1, 0.15) is 43.2 Å². The van der Waals surface area contributed by atoms with Crippen molar-refractivity contribution < 1.29 is 9.59 Å². The highest BCUT2D eigenvalue weighted by atomic mass is 16.2. The number of carbonyl (C=O) groups is 2. The second kappa shape index (κ2) is 3.86. The molecule has 1 aliphatic rings. The molecule has 2 aromatic rings. The first-order valence-corrected chi connectivity index (χ1v) is 5.97. The van der Waals surface area contributed by atoms with Crippen molar-refractivity contribution in [1.29, 1.82) is 0 Å². The van der Waals surface area contributed by atoms with Crippen LogP contribution in [0.5, 0.6) is 0 Å². The molecule has 0 saturated heterocycles. The van der Waals surface area contributed by atoms with Crippen molar-refractivity contribution in [2.24, 2.45) is 0 Å². The fraction of sp³-hybridized carbons (Fsp3) is 0.143. The minimum absolute atomic E-state index is 0.0613. The van der Waals surface area contributed by atoms with Crippen LogP contribution in [-0.2, 0) is 0 Å². The van der Waals surface area contributed by atoms with Crippen LogP contribution in [0.25, 0.3) is 0 Å². The van der Waals surface area contributed by atoms with Gasteiger partial charge in [0.05, 0.1) is 11.1 Å². The molecule has 2 heterocycles. The van der Waals surface area contributed by atoms with E-state index in [1.54, 1.807) is 13.8 Å². The lowest BCUT2D eigenvalue weighted by atomic mass is 9.86. The molecule has 0 aromatic carbocycles. The summed E-state index contributed by atoms with van der Waals surface area (Å²) in [6.45, 7) is 3.20. The van der Waals surface area contributed by atoms with Gasteiger partial charge in [-0.3, -0.25) is 19.2 Å². The first-order valence-electron chi connectivity index (χ1n) is 5.97.